The number of hydrogen-bond donors (Lipinski definition) is 1. The SMILES string of the molecule is O=C(O)C(O[Si](Cc1ccccc1)(Cc1ccccc1)Cc1ccccc1)C1C=CCC1. The van der Waals surface area contributed by atoms with E-state index in [2.05, 4.69) is 42.5 Å². The van der Waals surface area contributed by atoms with E-state index in [9.17, 15) is 9.90 Å². The second kappa shape index (κ2) is 10.6. The molecule has 0 bridgehead atoms. The molecule has 0 radical (unpaired) electrons. The molecule has 0 spiro atoms. The lowest BCUT2D eigenvalue weighted by Crippen LogP contribution is -2.52. The molecule has 1 N–H and O–H groups in total. The minimum absolute atomic E-state index is 0.0679. The molecule has 3 aromatic rings. The number of aliphatic carboxylic acids is 1. The van der Waals surface area contributed by atoms with Crippen molar-refractivity contribution in [1.82, 2.24) is 0 Å². The molecule has 1 aliphatic carbocycles. The second-order valence-electron chi connectivity index (χ2n) is 8.72. The van der Waals surface area contributed by atoms with E-state index in [-0.39, 0.29) is 5.92 Å². The van der Waals surface area contributed by atoms with Gasteiger partial charge in [-0.1, -0.05) is 103 Å². The van der Waals surface area contributed by atoms with E-state index >= 15 is 0 Å². The molecule has 0 aromatic heterocycles. The van der Waals surface area contributed by atoms with Crippen LogP contribution in [-0.4, -0.2) is 25.5 Å². The fourth-order valence-corrected chi connectivity index (χ4v) is 9.09. The van der Waals surface area contributed by atoms with Gasteiger partial charge in [0.25, 0.3) is 0 Å². The molecule has 3 aromatic carbocycles. The number of rotatable bonds is 10. The van der Waals surface area contributed by atoms with Crippen LogP contribution in [0.25, 0.3) is 0 Å². The molecule has 0 saturated heterocycles. The first-order valence-electron chi connectivity index (χ1n) is 11.3. The highest BCUT2D eigenvalue weighted by Gasteiger charge is 2.42. The summed E-state index contributed by atoms with van der Waals surface area (Å²) < 4.78 is 6.88. The Morgan fingerprint density at radius 2 is 1.25 bits per heavy atom. The van der Waals surface area contributed by atoms with Crippen molar-refractivity contribution >= 4 is 14.3 Å². The van der Waals surface area contributed by atoms with Crippen molar-refractivity contribution < 1.29 is 14.3 Å². The largest absolute Gasteiger partial charge is 0.479 e. The van der Waals surface area contributed by atoms with Gasteiger partial charge in [0.05, 0.1) is 0 Å². The van der Waals surface area contributed by atoms with Crippen molar-refractivity contribution in [1.29, 1.82) is 0 Å². The highest BCUT2D eigenvalue weighted by Crippen LogP contribution is 2.30. The predicted octanol–water partition coefficient (Wildman–Crippen LogP) is 5.71. The van der Waals surface area contributed by atoms with Gasteiger partial charge < -0.3 is 9.53 Å². The first kappa shape index (κ1) is 22.2. The van der Waals surface area contributed by atoms with Gasteiger partial charge in [-0.2, -0.15) is 0 Å². The molecule has 0 aliphatic heterocycles. The van der Waals surface area contributed by atoms with Gasteiger partial charge >= 0.3 is 5.97 Å². The summed E-state index contributed by atoms with van der Waals surface area (Å²) in [6.45, 7) is 0. The normalized spacial score (nSPS) is 16.7. The van der Waals surface area contributed by atoms with E-state index in [1.807, 2.05) is 60.7 Å². The first-order valence-corrected chi connectivity index (χ1v) is 13.9. The van der Waals surface area contributed by atoms with Crippen LogP contribution >= 0.6 is 0 Å². The van der Waals surface area contributed by atoms with Gasteiger partial charge in [-0.05, 0) is 47.7 Å². The van der Waals surface area contributed by atoms with Gasteiger partial charge in [0, 0.05) is 5.92 Å². The number of allylic oxidation sites excluding steroid dienone is 1. The zero-order chi connectivity index (χ0) is 22.2. The summed E-state index contributed by atoms with van der Waals surface area (Å²) in [4.78, 5) is 12.4. The summed E-state index contributed by atoms with van der Waals surface area (Å²) in [7, 11) is -2.63. The lowest BCUT2D eigenvalue weighted by molar-refractivity contribution is -0.147. The molecule has 2 atom stereocenters. The lowest BCUT2D eigenvalue weighted by atomic mass is 10.0. The third-order valence-corrected chi connectivity index (χ3v) is 10.1. The van der Waals surface area contributed by atoms with Crippen molar-refractivity contribution in [2.45, 2.75) is 37.1 Å². The molecule has 164 valence electrons. The Kier molecular flexibility index (Phi) is 7.35. The Morgan fingerprint density at radius 1 is 0.812 bits per heavy atom. The molecule has 0 saturated carbocycles. The van der Waals surface area contributed by atoms with E-state index in [4.69, 9.17) is 4.43 Å². The Morgan fingerprint density at radius 3 is 1.59 bits per heavy atom. The number of benzene rings is 3. The molecule has 0 fully saturated rings. The van der Waals surface area contributed by atoms with Gasteiger partial charge in [0.1, 0.15) is 6.10 Å². The van der Waals surface area contributed by atoms with E-state index in [0.717, 1.165) is 31.0 Å². The van der Waals surface area contributed by atoms with Crippen LogP contribution in [0.4, 0.5) is 0 Å². The van der Waals surface area contributed by atoms with Crippen LogP contribution < -0.4 is 0 Å². The molecule has 1 aliphatic rings. The molecule has 3 nitrogen and oxygen atoms in total. The summed E-state index contributed by atoms with van der Waals surface area (Å²) >= 11 is 0. The van der Waals surface area contributed by atoms with Crippen molar-refractivity contribution in [3.63, 3.8) is 0 Å². The zero-order valence-electron chi connectivity index (χ0n) is 18.3. The average molecular weight is 443 g/mol. The van der Waals surface area contributed by atoms with Gasteiger partial charge in [0.2, 0.25) is 8.32 Å². The molecule has 2 unspecified atom stereocenters. The van der Waals surface area contributed by atoms with Crippen LogP contribution in [0.2, 0.25) is 0 Å². The third kappa shape index (κ3) is 5.84. The fourth-order valence-electron chi connectivity index (χ4n) is 4.71. The quantitative estimate of drug-likeness (QED) is 0.323. The monoisotopic (exact) mass is 442 g/mol. The van der Waals surface area contributed by atoms with Gasteiger partial charge in [0.15, 0.2) is 0 Å². The Balaban J connectivity index is 1.75. The van der Waals surface area contributed by atoms with Crippen LogP contribution in [-0.2, 0) is 27.4 Å². The second-order valence-corrected chi connectivity index (χ2v) is 12.4. The molecule has 32 heavy (non-hydrogen) atoms. The summed E-state index contributed by atoms with van der Waals surface area (Å²) in [6.07, 6.45) is 5.06. The molecule has 0 heterocycles. The molecule has 0 amide bonds. The minimum atomic E-state index is -2.63. The van der Waals surface area contributed by atoms with Crippen LogP contribution in [0.1, 0.15) is 29.5 Å². The van der Waals surface area contributed by atoms with Gasteiger partial charge in [-0.3, -0.25) is 0 Å². The number of carboxylic acids is 1. The van der Waals surface area contributed by atoms with Crippen LogP contribution in [0.5, 0.6) is 0 Å². The Hall–Kier alpha value is -2.95. The Labute approximate surface area is 191 Å². The number of carboxylic acid groups (broad SMARTS) is 1. The lowest BCUT2D eigenvalue weighted by Gasteiger charge is -2.36. The van der Waals surface area contributed by atoms with Crippen molar-refractivity contribution in [3.8, 4) is 0 Å². The highest BCUT2D eigenvalue weighted by molar-refractivity contribution is 6.72. The Bertz CT molecular complexity index is 917. The van der Waals surface area contributed by atoms with E-state index in [0.29, 0.717) is 0 Å². The third-order valence-electron chi connectivity index (χ3n) is 6.17. The van der Waals surface area contributed by atoms with E-state index in [1.54, 1.807) is 0 Å². The minimum Gasteiger partial charge on any atom is -0.479 e. The van der Waals surface area contributed by atoms with Crippen LogP contribution in [0.15, 0.2) is 103 Å². The predicted molar refractivity (Wildman–Crippen MR) is 131 cm³/mol. The smallest absolute Gasteiger partial charge is 0.332 e. The summed E-state index contributed by atoms with van der Waals surface area (Å²) in [6, 6.07) is 33.5. The van der Waals surface area contributed by atoms with E-state index < -0.39 is 20.4 Å². The van der Waals surface area contributed by atoms with E-state index in [1.165, 1.54) is 16.7 Å². The maximum absolute atomic E-state index is 12.4. The molecular weight excluding hydrogens is 412 g/mol. The molecular formula is C28H30O3Si. The fraction of sp³-hybridized carbons (Fsp3) is 0.250. The highest BCUT2D eigenvalue weighted by atomic mass is 28.4. The van der Waals surface area contributed by atoms with Crippen LogP contribution in [0, 0.1) is 5.92 Å². The van der Waals surface area contributed by atoms with Gasteiger partial charge in [-0.25, -0.2) is 4.79 Å². The van der Waals surface area contributed by atoms with Crippen molar-refractivity contribution in [2.75, 3.05) is 0 Å². The molecule has 4 rings (SSSR count). The van der Waals surface area contributed by atoms with Crippen LogP contribution in [0.3, 0.4) is 0 Å². The maximum Gasteiger partial charge on any atom is 0.332 e. The summed E-state index contributed by atoms with van der Waals surface area (Å²) in [5, 5.41) is 10.2. The van der Waals surface area contributed by atoms with Crippen molar-refractivity contribution in [2.24, 2.45) is 5.92 Å². The number of carbonyl (C=O) groups is 1. The maximum atomic E-state index is 12.4. The summed E-state index contributed by atoms with van der Waals surface area (Å²) in [5.41, 5.74) is 3.62. The zero-order valence-corrected chi connectivity index (χ0v) is 19.3. The van der Waals surface area contributed by atoms with Gasteiger partial charge in [-0.15, -0.1) is 0 Å². The average Bonchev–Trinajstić information content (AvgIpc) is 3.34. The first-order chi connectivity index (χ1) is 15.6. The summed E-state index contributed by atoms with van der Waals surface area (Å²) in [5.74, 6) is -0.922. The topological polar surface area (TPSA) is 46.5 Å². The standard InChI is InChI=1S/C28H30O3Si/c29-28(30)27(26-18-10-11-19-26)31-32(20-23-12-4-1-5-13-23,21-24-14-6-2-7-15-24)22-25-16-8-3-9-17-25/h1-10,12-18,26-27H,11,19-22H2,(H,29,30). The molecule has 4 heteroatoms. The number of hydrogen-bond acceptors (Lipinski definition) is 2. The van der Waals surface area contributed by atoms with Crippen molar-refractivity contribution in [3.05, 3.63) is 120 Å².